The van der Waals surface area contributed by atoms with Crippen LogP contribution >= 0.6 is 0 Å². The van der Waals surface area contributed by atoms with Gasteiger partial charge in [-0.25, -0.2) is 18.6 Å². The number of hydrogen-bond donors (Lipinski definition) is 1. The van der Waals surface area contributed by atoms with E-state index >= 15 is 4.39 Å². The van der Waals surface area contributed by atoms with Crippen molar-refractivity contribution >= 4 is 28.9 Å². The first kappa shape index (κ1) is 26.6. The number of aromatic nitrogens is 2. The molecule has 7 rings (SSSR count). The zero-order valence-corrected chi connectivity index (χ0v) is 23.2. The van der Waals surface area contributed by atoms with Gasteiger partial charge in [0.25, 0.3) is 5.91 Å². The zero-order valence-electron chi connectivity index (χ0n) is 23.2. The van der Waals surface area contributed by atoms with E-state index in [9.17, 15) is 18.8 Å². The van der Waals surface area contributed by atoms with Crippen molar-refractivity contribution in [2.45, 2.75) is 32.1 Å². The Morgan fingerprint density at radius 2 is 1.88 bits per heavy atom. The number of anilines is 1. The third-order valence-electron chi connectivity index (χ3n) is 9.46. The molecule has 0 radical (unpaired) electrons. The van der Waals surface area contributed by atoms with Crippen molar-refractivity contribution in [2.24, 2.45) is 17.8 Å². The number of allylic oxidation sites excluding steroid dienone is 2. The van der Waals surface area contributed by atoms with Gasteiger partial charge < -0.3 is 19.9 Å². The van der Waals surface area contributed by atoms with Crippen LogP contribution in [0.2, 0.25) is 0 Å². The number of fused-ring (bicyclic) bond motifs is 2. The van der Waals surface area contributed by atoms with Crippen molar-refractivity contribution in [3.05, 3.63) is 75.2 Å². The zero-order chi connectivity index (χ0) is 29.1. The summed E-state index contributed by atoms with van der Waals surface area (Å²) < 4.78 is 35.1. The van der Waals surface area contributed by atoms with Crippen LogP contribution in [0, 0.1) is 29.4 Å². The van der Waals surface area contributed by atoms with Gasteiger partial charge in [-0.2, -0.15) is 0 Å². The van der Waals surface area contributed by atoms with E-state index in [0.29, 0.717) is 49.8 Å². The molecule has 3 fully saturated rings. The number of ether oxygens (including phenoxy) is 1. The van der Waals surface area contributed by atoms with E-state index in [1.165, 1.54) is 42.4 Å². The van der Waals surface area contributed by atoms with E-state index in [4.69, 9.17) is 9.72 Å². The minimum atomic E-state index is -0.851. The maximum absolute atomic E-state index is 15.1. The first-order chi connectivity index (χ1) is 20.3. The SMILES string of the molecule is COC(=O)N1CCN(c2ccc3c(=O)c(C(=O)NC4=C5CCC6CC(C4)CC56)cn(-c4ccc(F)cc4F)c3n2)CC1. The minimum absolute atomic E-state index is 0.0352. The Morgan fingerprint density at radius 1 is 1.07 bits per heavy atom. The molecule has 1 aromatic carbocycles. The molecule has 2 bridgehead atoms. The fourth-order valence-electron chi connectivity index (χ4n) is 7.45. The summed E-state index contributed by atoms with van der Waals surface area (Å²) >= 11 is 0. The topological polar surface area (TPSA) is 96.8 Å². The predicted molar refractivity (Wildman–Crippen MR) is 151 cm³/mol. The second kappa shape index (κ2) is 10.2. The van der Waals surface area contributed by atoms with Crippen LogP contribution in [0.1, 0.15) is 42.5 Å². The lowest BCUT2D eigenvalue weighted by Gasteiger charge is -2.34. The van der Waals surface area contributed by atoms with Crippen LogP contribution in [0.4, 0.5) is 19.4 Å². The molecule has 1 aliphatic heterocycles. The summed E-state index contributed by atoms with van der Waals surface area (Å²) in [6, 6.07) is 6.43. The first-order valence-electron chi connectivity index (χ1n) is 14.4. The molecule has 218 valence electrons. The molecule has 1 saturated heterocycles. The molecule has 42 heavy (non-hydrogen) atoms. The molecule has 3 heterocycles. The number of methoxy groups -OCH3 is 1. The van der Waals surface area contributed by atoms with Crippen molar-refractivity contribution in [3.8, 4) is 5.69 Å². The van der Waals surface area contributed by atoms with Gasteiger partial charge in [-0.15, -0.1) is 0 Å². The number of benzene rings is 1. The average Bonchev–Trinajstić information content (AvgIpc) is 3.54. The molecule has 4 aliphatic rings. The van der Waals surface area contributed by atoms with Crippen LogP contribution in [-0.2, 0) is 4.74 Å². The molecule has 3 aliphatic carbocycles. The second-order valence-electron chi connectivity index (χ2n) is 11.7. The molecule has 2 amide bonds. The van der Waals surface area contributed by atoms with Crippen molar-refractivity contribution < 1.29 is 23.1 Å². The second-order valence-corrected chi connectivity index (χ2v) is 11.7. The van der Waals surface area contributed by atoms with E-state index < -0.39 is 29.1 Å². The molecule has 3 unspecified atom stereocenters. The predicted octanol–water partition coefficient (Wildman–Crippen LogP) is 4.38. The molecule has 11 heteroatoms. The molecule has 1 N–H and O–H groups in total. The van der Waals surface area contributed by atoms with E-state index in [0.717, 1.165) is 37.1 Å². The number of carbonyl (C=O) groups is 2. The fourth-order valence-corrected chi connectivity index (χ4v) is 7.45. The van der Waals surface area contributed by atoms with Crippen molar-refractivity contribution in [1.82, 2.24) is 19.8 Å². The van der Waals surface area contributed by atoms with E-state index in [1.807, 2.05) is 4.90 Å². The van der Waals surface area contributed by atoms with Crippen LogP contribution in [0.5, 0.6) is 0 Å². The van der Waals surface area contributed by atoms with Crippen LogP contribution in [-0.4, -0.2) is 59.7 Å². The summed E-state index contributed by atoms with van der Waals surface area (Å²) in [5, 5.41) is 3.20. The molecule has 0 spiro atoms. The Morgan fingerprint density at radius 3 is 2.64 bits per heavy atom. The van der Waals surface area contributed by atoms with Gasteiger partial charge in [0.15, 0.2) is 5.65 Å². The Hall–Kier alpha value is -4.28. The van der Waals surface area contributed by atoms with Gasteiger partial charge in [0.2, 0.25) is 5.43 Å². The van der Waals surface area contributed by atoms with Gasteiger partial charge in [-0.3, -0.25) is 14.2 Å². The lowest BCUT2D eigenvalue weighted by atomic mass is 9.86. The highest BCUT2D eigenvalue weighted by molar-refractivity contribution is 5.98. The van der Waals surface area contributed by atoms with Crippen LogP contribution in [0.15, 0.2) is 52.6 Å². The van der Waals surface area contributed by atoms with Crippen LogP contribution in [0.3, 0.4) is 0 Å². The van der Waals surface area contributed by atoms with Gasteiger partial charge >= 0.3 is 6.09 Å². The number of piperazine rings is 1. The number of rotatable bonds is 4. The van der Waals surface area contributed by atoms with Crippen LogP contribution in [0.25, 0.3) is 16.7 Å². The van der Waals surface area contributed by atoms with Gasteiger partial charge in [0.1, 0.15) is 23.0 Å². The molecule has 2 aromatic heterocycles. The highest BCUT2D eigenvalue weighted by Gasteiger charge is 2.45. The number of pyridine rings is 2. The lowest BCUT2D eigenvalue weighted by molar-refractivity contribution is 0.0960. The molecule has 3 atom stereocenters. The normalized spacial score (nSPS) is 23.1. The van der Waals surface area contributed by atoms with E-state index in [1.54, 1.807) is 17.0 Å². The standard InChI is InChI=1S/C31H31F2N5O4/c1-42-31(41)37-10-8-36(9-11-37)27-7-5-21-28(39)23(16-38(29(21)35-27)26-6-3-19(32)15-24(26)33)30(40)34-25-14-17-12-18-2-4-20(25)22(18)13-17/h3,5-7,15-18,22H,2,4,8-14H2,1H3,(H,34,40). The molecular weight excluding hydrogens is 544 g/mol. The maximum Gasteiger partial charge on any atom is 0.409 e. The third-order valence-corrected chi connectivity index (χ3v) is 9.46. The smallest absolute Gasteiger partial charge is 0.409 e. The maximum atomic E-state index is 15.1. The molecule has 3 aromatic rings. The summed E-state index contributed by atoms with van der Waals surface area (Å²) in [6.07, 6.45) is 6.19. The Labute approximate surface area is 240 Å². The highest BCUT2D eigenvalue weighted by atomic mass is 19.1. The monoisotopic (exact) mass is 575 g/mol. The summed E-state index contributed by atoms with van der Waals surface area (Å²) in [4.78, 5) is 47.5. The van der Waals surface area contributed by atoms with Crippen LogP contribution < -0.4 is 15.6 Å². The summed E-state index contributed by atoms with van der Waals surface area (Å²) in [6.45, 7) is 1.80. The molecular formula is C31H31F2N5O4. The molecule has 2 saturated carbocycles. The Balaban J connectivity index is 1.28. The Kier molecular flexibility index (Phi) is 6.47. The number of carbonyl (C=O) groups excluding carboxylic acids is 2. The summed E-state index contributed by atoms with van der Waals surface area (Å²) in [5.41, 5.74) is 1.71. The quantitative estimate of drug-likeness (QED) is 0.496. The first-order valence-corrected chi connectivity index (χ1v) is 14.4. The van der Waals surface area contributed by atoms with Gasteiger partial charge in [0, 0.05) is 44.1 Å². The minimum Gasteiger partial charge on any atom is -0.453 e. The van der Waals surface area contributed by atoms with Crippen molar-refractivity contribution in [2.75, 3.05) is 38.2 Å². The fraction of sp³-hybridized carbons (Fsp3) is 0.419. The highest BCUT2D eigenvalue weighted by Crippen LogP contribution is 2.55. The number of nitrogens with zero attached hydrogens (tertiary/aromatic N) is 4. The summed E-state index contributed by atoms with van der Waals surface area (Å²) in [5.74, 6) is 0.176. The third kappa shape index (κ3) is 4.42. The summed E-state index contributed by atoms with van der Waals surface area (Å²) in [7, 11) is 1.34. The molecule has 9 nitrogen and oxygen atoms in total. The number of nitrogens with one attached hydrogen (secondary N) is 1. The van der Waals surface area contributed by atoms with Gasteiger partial charge in [-0.1, -0.05) is 0 Å². The van der Waals surface area contributed by atoms with Crippen molar-refractivity contribution in [3.63, 3.8) is 0 Å². The number of hydrogen-bond acceptors (Lipinski definition) is 6. The lowest BCUT2D eigenvalue weighted by Crippen LogP contribution is -2.49. The number of amides is 2. The number of halogens is 2. The van der Waals surface area contributed by atoms with Gasteiger partial charge in [-0.05, 0) is 79.7 Å². The van der Waals surface area contributed by atoms with E-state index in [-0.39, 0.29) is 22.3 Å². The van der Waals surface area contributed by atoms with Crippen molar-refractivity contribution in [1.29, 1.82) is 0 Å². The Bertz CT molecular complexity index is 1710. The van der Waals surface area contributed by atoms with E-state index in [2.05, 4.69) is 5.32 Å². The van der Waals surface area contributed by atoms with Gasteiger partial charge in [0.05, 0.1) is 18.2 Å². The largest absolute Gasteiger partial charge is 0.453 e. The average molecular weight is 576 g/mol.